The van der Waals surface area contributed by atoms with Gasteiger partial charge in [0.05, 0.1) is 0 Å². The Morgan fingerprint density at radius 3 is 1.74 bits per heavy atom. The molecule has 0 spiro atoms. The quantitative estimate of drug-likeness (QED) is 0.0325. The molecule has 66 heavy (non-hydrogen) atoms. The summed E-state index contributed by atoms with van der Waals surface area (Å²) in [4.78, 5) is 91.3. The maximum Gasteiger partial charge on any atom is 0.407 e. The molecule has 5 rings (SSSR count). The second-order valence-electron chi connectivity index (χ2n) is 16.8. The summed E-state index contributed by atoms with van der Waals surface area (Å²) in [5.41, 5.74) is 10.6. The van der Waals surface area contributed by atoms with E-state index in [1.807, 2.05) is 72.8 Å². The molecule has 3 unspecified atom stereocenters. The molecule has 0 heterocycles. The average molecular weight is 906 g/mol. The lowest BCUT2D eigenvalue weighted by molar-refractivity contribution is -0.150. The number of alkyl carbamates (subject to hydrolysis) is 2. The third-order valence-corrected chi connectivity index (χ3v) is 10.6. The van der Waals surface area contributed by atoms with Gasteiger partial charge >= 0.3 is 24.1 Å². The second-order valence-corrected chi connectivity index (χ2v) is 16.8. The first-order chi connectivity index (χ1) is 31.7. The van der Waals surface area contributed by atoms with Gasteiger partial charge < -0.3 is 45.9 Å². The van der Waals surface area contributed by atoms with E-state index < -0.39 is 65.6 Å². The number of primary amides is 1. The Balaban J connectivity index is 1.19. The summed E-state index contributed by atoms with van der Waals surface area (Å²) in [6.45, 7) is 5.39. The van der Waals surface area contributed by atoms with Crippen LogP contribution in [0.25, 0.3) is 11.1 Å². The zero-order valence-corrected chi connectivity index (χ0v) is 37.5. The normalized spacial score (nSPS) is 13.1. The number of hydrogen-bond donors (Lipinski definition) is 5. The molecule has 0 saturated heterocycles. The standard InChI is InChI=1S/C50H59N5O11/c1-50(2,3)66-48(61)52-29-15-14-24-41(55-49(62)65-32-39-37-22-12-10-20-35(37)36-21-11-13-23-38(36)39)46(59)54-40(45(51)58)25-27-43(56)53-42(47(60)64-31-34-18-8-5-9-19-34)26-28-44(57)63-30-33-16-6-4-7-17-33/h4-13,16-23,39-42H,14-15,24-32H2,1-3H3,(H2,51,58)(H,52,61)(H,53,56)(H,54,59)(H,55,62). The molecular formula is C50H59N5O11. The van der Waals surface area contributed by atoms with Gasteiger partial charge in [-0.1, -0.05) is 109 Å². The molecule has 3 atom stereocenters. The fourth-order valence-electron chi connectivity index (χ4n) is 7.28. The van der Waals surface area contributed by atoms with Crippen LogP contribution < -0.4 is 27.0 Å². The van der Waals surface area contributed by atoms with Gasteiger partial charge in [0.25, 0.3) is 0 Å². The molecule has 1 aliphatic carbocycles. The minimum atomic E-state index is -1.36. The van der Waals surface area contributed by atoms with Crippen molar-refractivity contribution in [2.24, 2.45) is 5.73 Å². The fourth-order valence-corrected chi connectivity index (χ4v) is 7.28. The molecule has 0 aromatic heterocycles. The zero-order chi connectivity index (χ0) is 47.5. The van der Waals surface area contributed by atoms with Crippen molar-refractivity contribution < 1.29 is 52.5 Å². The Kier molecular flexibility index (Phi) is 18.7. The van der Waals surface area contributed by atoms with Crippen LogP contribution >= 0.6 is 0 Å². The van der Waals surface area contributed by atoms with E-state index in [9.17, 15) is 33.6 Å². The molecule has 6 N–H and O–H groups in total. The largest absolute Gasteiger partial charge is 0.461 e. The van der Waals surface area contributed by atoms with Crippen molar-refractivity contribution in [2.45, 2.75) is 109 Å². The molecular weight excluding hydrogens is 847 g/mol. The molecule has 0 radical (unpaired) electrons. The predicted octanol–water partition coefficient (Wildman–Crippen LogP) is 6.09. The van der Waals surface area contributed by atoms with Crippen LogP contribution in [0.4, 0.5) is 9.59 Å². The highest BCUT2D eigenvalue weighted by Crippen LogP contribution is 2.44. The smallest absolute Gasteiger partial charge is 0.407 e. The van der Waals surface area contributed by atoms with Gasteiger partial charge in [0, 0.05) is 25.3 Å². The number of hydrogen-bond acceptors (Lipinski definition) is 11. The third kappa shape index (κ3) is 16.1. The zero-order valence-electron chi connectivity index (χ0n) is 37.5. The van der Waals surface area contributed by atoms with Gasteiger partial charge in [-0.2, -0.15) is 0 Å². The van der Waals surface area contributed by atoms with Gasteiger partial charge in [-0.05, 0) is 86.3 Å². The maximum absolute atomic E-state index is 13.8. The Bertz CT molecular complexity index is 2240. The summed E-state index contributed by atoms with van der Waals surface area (Å²) in [7, 11) is 0. The minimum absolute atomic E-state index is 0.0112. The number of carbonyl (C=O) groups excluding carboxylic acids is 7. The van der Waals surface area contributed by atoms with Crippen molar-refractivity contribution in [2.75, 3.05) is 13.2 Å². The molecule has 4 aromatic rings. The van der Waals surface area contributed by atoms with Gasteiger partial charge in [0.15, 0.2) is 0 Å². The van der Waals surface area contributed by atoms with Gasteiger partial charge in [-0.15, -0.1) is 0 Å². The van der Waals surface area contributed by atoms with E-state index >= 15 is 0 Å². The topological polar surface area (TPSA) is 231 Å². The summed E-state index contributed by atoms with van der Waals surface area (Å²) < 4.78 is 21.8. The molecule has 16 heteroatoms. The van der Waals surface area contributed by atoms with Crippen molar-refractivity contribution in [3.8, 4) is 11.1 Å². The monoisotopic (exact) mass is 905 g/mol. The van der Waals surface area contributed by atoms with E-state index in [2.05, 4.69) is 21.3 Å². The Morgan fingerprint density at radius 2 is 1.15 bits per heavy atom. The molecule has 350 valence electrons. The number of rotatable bonds is 23. The Hall–Kier alpha value is -7.23. The first-order valence-electron chi connectivity index (χ1n) is 22.0. The highest BCUT2D eigenvalue weighted by molar-refractivity contribution is 5.91. The minimum Gasteiger partial charge on any atom is -0.461 e. The van der Waals surface area contributed by atoms with Gasteiger partial charge in [-0.25, -0.2) is 14.4 Å². The highest BCUT2D eigenvalue weighted by atomic mass is 16.6. The van der Waals surface area contributed by atoms with Gasteiger partial charge in [-0.3, -0.25) is 19.2 Å². The fraction of sp³-hybridized carbons (Fsp3) is 0.380. The van der Waals surface area contributed by atoms with E-state index in [1.165, 1.54) is 0 Å². The van der Waals surface area contributed by atoms with Gasteiger partial charge in [0.1, 0.15) is 43.5 Å². The summed E-state index contributed by atoms with van der Waals surface area (Å²) in [5.74, 6) is -4.00. The van der Waals surface area contributed by atoms with Crippen LogP contribution in [0.5, 0.6) is 0 Å². The average Bonchev–Trinajstić information content (AvgIpc) is 3.62. The van der Waals surface area contributed by atoms with E-state index in [4.69, 9.17) is 24.7 Å². The molecule has 16 nitrogen and oxygen atoms in total. The molecule has 0 aliphatic heterocycles. The molecule has 0 bridgehead atoms. The molecule has 1 aliphatic rings. The third-order valence-electron chi connectivity index (χ3n) is 10.6. The number of unbranched alkanes of at least 4 members (excludes halogenated alkanes) is 1. The van der Waals surface area contributed by atoms with Crippen LogP contribution in [0.2, 0.25) is 0 Å². The summed E-state index contributed by atoms with van der Waals surface area (Å²) >= 11 is 0. The van der Waals surface area contributed by atoms with Crippen LogP contribution in [0.3, 0.4) is 0 Å². The van der Waals surface area contributed by atoms with Crippen molar-refractivity contribution in [1.82, 2.24) is 21.3 Å². The van der Waals surface area contributed by atoms with E-state index in [0.717, 1.165) is 27.8 Å². The van der Waals surface area contributed by atoms with E-state index in [0.29, 0.717) is 18.4 Å². The van der Waals surface area contributed by atoms with Crippen molar-refractivity contribution >= 4 is 41.8 Å². The van der Waals surface area contributed by atoms with Crippen molar-refractivity contribution in [3.63, 3.8) is 0 Å². The summed E-state index contributed by atoms with van der Waals surface area (Å²) in [6, 6.07) is 29.9. The number of benzene rings is 4. The highest BCUT2D eigenvalue weighted by Gasteiger charge is 2.31. The van der Waals surface area contributed by atoms with Crippen LogP contribution in [0.1, 0.15) is 93.9 Å². The Labute approximate surface area is 384 Å². The summed E-state index contributed by atoms with van der Waals surface area (Å²) in [5, 5.41) is 10.4. The number of esters is 2. The number of nitrogens with two attached hydrogens (primary N) is 1. The lowest BCUT2D eigenvalue weighted by Crippen LogP contribution is -2.53. The van der Waals surface area contributed by atoms with Crippen LogP contribution in [0, 0.1) is 0 Å². The lowest BCUT2D eigenvalue weighted by Gasteiger charge is -2.23. The molecule has 0 fully saturated rings. The number of ether oxygens (including phenoxy) is 4. The van der Waals surface area contributed by atoms with Crippen LogP contribution in [-0.2, 0) is 56.1 Å². The molecule has 0 saturated carbocycles. The summed E-state index contributed by atoms with van der Waals surface area (Å²) in [6.07, 6.45) is -1.61. The second kappa shape index (κ2) is 24.7. The predicted molar refractivity (Wildman–Crippen MR) is 244 cm³/mol. The Morgan fingerprint density at radius 1 is 0.591 bits per heavy atom. The number of carbonyl (C=O) groups is 7. The number of fused-ring (bicyclic) bond motifs is 3. The number of amides is 5. The number of nitrogens with one attached hydrogen (secondary N) is 4. The van der Waals surface area contributed by atoms with Crippen molar-refractivity contribution in [3.05, 3.63) is 131 Å². The van der Waals surface area contributed by atoms with E-state index in [-0.39, 0.29) is 64.4 Å². The van der Waals surface area contributed by atoms with Crippen LogP contribution in [-0.4, -0.2) is 78.7 Å². The van der Waals surface area contributed by atoms with Gasteiger partial charge in [0.2, 0.25) is 17.7 Å². The van der Waals surface area contributed by atoms with Crippen LogP contribution in [0.15, 0.2) is 109 Å². The lowest BCUT2D eigenvalue weighted by atomic mass is 9.98. The van der Waals surface area contributed by atoms with E-state index in [1.54, 1.807) is 57.2 Å². The molecule has 4 aromatic carbocycles. The SMILES string of the molecule is CC(C)(C)OC(=O)NCCCCC(NC(=O)OCC1c2ccccc2-c2ccccc21)C(=O)NC(CCC(=O)NC(CCC(=O)OCc1ccccc1)C(=O)OCc1ccccc1)C(N)=O. The van der Waals surface area contributed by atoms with Crippen molar-refractivity contribution in [1.29, 1.82) is 0 Å². The first-order valence-corrected chi connectivity index (χ1v) is 22.0. The first kappa shape index (κ1) is 49.8. The maximum atomic E-state index is 13.8. The molecule has 5 amide bonds.